The van der Waals surface area contributed by atoms with E-state index in [9.17, 15) is 24.6 Å². The Hall–Kier alpha value is -3.51. The zero-order valence-electron chi connectivity index (χ0n) is 18.8. The molecule has 0 spiro atoms. The summed E-state index contributed by atoms with van der Waals surface area (Å²) in [5.74, 6) is -2.43. The first-order valence-electron chi connectivity index (χ1n) is 10.1. The molecular formula is C26H28O6. The molecule has 0 aliphatic heterocycles. The van der Waals surface area contributed by atoms with E-state index in [1.807, 2.05) is 6.92 Å². The van der Waals surface area contributed by atoms with Crippen molar-refractivity contribution in [1.82, 2.24) is 0 Å². The van der Waals surface area contributed by atoms with Gasteiger partial charge in [-0.15, -0.1) is 0 Å². The number of ketones is 2. The van der Waals surface area contributed by atoms with Crippen molar-refractivity contribution in [3.8, 4) is 11.5 Å². The number of rotatable bonds is 10. The minimum Gasteiger partial charge on any atom is -0.507 e. The SMILES string of the molecule is C=C(C)c1cc(COC)cc(C(C)c2cc(CC(=O)C(=O)C=O)cc(C(=C)C)c2O)c1O. The van der Waals surface area contributed by atoms with E-state index in [-0.39, 0.29) is 24.2 Å². The first kappa shape index (κ1) is 24.8. The highest BCUT2D eigenvalue weighted by Crippen LogP contribution is 2.42. The number of aldehydes is 1. The second-order valence-corrected chi connectivity index (χ2v) is 7.96. The summed E-state index contributed by atoms with van der Waals surface area (Å²) in [6, 6.07) is 6.77. The van der Waals surface area contributed by atoms with Crippen LogP contribution in [0.25, 0.3) is 11.1 Å². The summed E-state index contributed by atoms with van der Waals surface area (Å²) < 4.78 is 5.24. The number of ether oxygens (including phenoxy) is 1. The van der Waals surface area contributed by atoms with Crippen LogP contribution in [0.1, 0.15) is 60.1 Å². The minimum atomic E-state index is -1.11. The second-order valence-electron chi connectivity index (χ2n) is 7.96. The third kappa shape index (κ3) is 5.21. The summed E-state index contributed by atoms with van der Waals surface area (Å²) in [4.78, 5) is 34.1. The number of methoxy groups -OCH3 is 1. The quantitative estimate of drug-likeness (QED) is 0.326. The zero-order valence-corrected chi connectivity index (χ0v) is 18.8. The number of benzene rings is 2. The van der Waals surface area contributed by atoms with E-state index in [0.29, 0.717) is 45.6 Å². The molecule has 0 fully saturated rings. The molecule has 2 N–H and O–H groups in total. The van der Waals surface area contributed by atoms with Crippen molar-refractivity contribution in [2.75, 3.05) is 7.11 Å². The minimum absolute atomic E-state index is 0.00950. The van der Waals surface area contributed by atoms with Gasteiger partial charge in [0, 0.05) is 41.7 Å². The Kier molecular flexibility index (Phi) is 7.89. The van der Waals surface area contributed by atoms with Crippen LogP contribution < -0.4 is 0 Å². The van der Waals surface area contributed by atoms with Gasteiger partial charge in [0.25, 0.3) is 5.78 Å². The molecule has 0 aromatic heterocycles. The molecule has 0 amide bonds. The van der Waals surface area contributed by atoms with E-state index in [1.54, 1.807) is 45.2 Å². The Morgan fingerprint density at radius 2 is 1.44 bits per heavy atom. The average molecular weight is 437 g/mol. The van der Waals surface area contributed by atoms with Gasteiger partial charge in [-0.25, -0.2) is 0 Å². The molecule has 6 nitrogen and oxygen atoms in total. The lowest BCUT2D eigenvalue weighted by Crippen LogP contribution is -2.17. The Balaban J connectivity index is 2.69. The molecule has 0 heterocycles. The number of carbonyl (C=O) groups is 3. The molecule has 1 unspecified atom stereocenters. The van der Waals surface area contributed by atoms with Crippen molar-refractivity contribution in [1.29, 1.82) is 0 Å². The molecule has 6 heteroatoms. The molecule has 0 bridgehead atoms. The number of carbonyl (C=O) groups excluding carboxylic acids is 3. The van der Waals surface area contributed by atoms with Crippen LogP contribution in [0.3, 0.4) is 0 Å². The number of Topliss-reactive ketones (excluding diaryl/α,β-unsaturated/α-hetero) is 2. The summed E-state index contributed by atoms with van der Waals surface area (Å²) in [5, 5.41) is 21.9. The highest BCUT2D eigenvalue weighted by Gasteiger charge is 2.23. The first-order chi connectivity index (χ1) is 15.0. The maximum absolute atomic E-state index is 12.0. The molecule has 0 aliphatic carbocycles. The van der Waals surface area contributed by atoms with Crippen molar-refractivity contribution >= 4 is 29.0 Å². The van der Waals surface area contributed by atoms with Crippen molar-refractivity contribution in [2.24, 2.45) is 0 Å². The van der Waals surface area contributed by atoms with Crippen LogP contribution in [0.2, 0.25) is 0 Å². The van der Waals surface area contributed by atoms with E-state index < -0.39 is 17.5 Å². The summed E-state index contributed by atoms with van der Waals surface area (Å²) in [7, 11) is 1.57. The molecule has 0 saturated heterocycles. The van der Waals surface area contributed by atoms with Crippen molar-refractivity contribution in [2.45, 2.75) is 39.7 Å². The van der Waals surface area contributed by atoms with Crippen LogP contribution in [0, 0.1) is 0 Å². The van der Waals surface area contributed by atoms with Gasteiger partial charge in [-0.2, -0.15) is 0 Å². The van der Waals surface area contributed by atoms with Gasteiger partial charge >= 0.3 is 0 Å². The number of allylic oxidation sites excluding steroid dienone is 2. The Bertz CT molecular complexity index is 1110. The van der Waals surface area contributed by atoms with Crippen LogP contribution in [-0.2, 0) is 32.1 Å². The van der Waals surface area contributed by atoms with E-state index >= 15 is 0 Å². The molecule has 168 valence electrons. The van der Waals surface area contributed by atoms with E-state index in [4.69, 9.17) is 4.74 Å². The number of hydrogen-bond donors (Lipinski definition) is 2. The maximum atomic E-state index is 12.0. The van der Waals surface area contributed by atoms with Crippen LogP contribution in [-0.4, -0.2) is 35.2 Å². The monoisotopic (exact) mass is 436 g/mol. The summed E-state index contributed by atoms with van der Waals surface area (Å²) >= 11 is 0. The van der Waals surface area contributed by atoms with Gasteiger partial charge in [-0.1, -0.05) is 26.1 Å². The van der Waals surface area contributed by atoms with Gasteiger partial charge in [0.2, 0.25) is 5.78 Å². The van der Waals surface area contributed by atoms with Crippen LogP contribution in [0.15, 0.2) is 37.4 Å². The van der Waals surface area contributed by atoms with Gasteiger partial charge in [-0.05, 0) is 54.3 Å². The predicted molar refractivity (Wildman–Crippen MR) is 124 cm³/mol. The zero-order chi connectivity index (χ0) is 24.2. The average Bonchev–Trinajstić information content (AvgIpc) is 2.74. The Morgan fingerprint density at radius 3 is 1.88 bits per heavy atom. The topological polar surface area (TPSA) is 101 Å². The van der Waals surface area contributed by atoms with Crippen LogP contribution in [0.4, 0.5) is 0 Å². The fourth-order valence-electron chi connectivity index (χ4n) is 3.61. The third-order valence-corrected chi connectivity index (χ3v) is 5.31. The molecule has 0 radical (unpaired) electrons. The van der Waals surface area contributed by atoms with Crippen LogP contribution in [0.5, 0.6) is 11.5 Å². The lowest BCUT2D eigenvalue weighted by atomic mass is 9.85. The van der Waals surface area contributed by atoms with Gasteiger partial charge in [-0.3, -0.25) is 14.4 Å². The first-order valence-corrected chi connectivity index (χ1v) is 10.1. The largest absolute Gasteiger partial charge is 0.507 e. The molecule has 2 aromatic carbocycles. The number of phenolic OH excluding ortho intramolecular Hbond substituents is 2. The number of phenols is 2. The fraction of sp³-hybridized carbons (Fsp3) is 0.269. The molecule has 0 aliphatic rings. The van der Waals surface area contributed by atoms with E-state index in [2.05, 4.69) is 13.2 Å². The Morgan fingerprint density at radius 1 is 0.969 bits per heavy atom. The standard InChI is InChI=1S/C26H28O6/c1-14(2)19-7-17(11-23(28)24(29)12-27)8-21(25(19)30)16(5)22-10-18(13-32-6)9-20(15(3)4)26(22)31/h7-10,12,16,30-31H,1,3,11,13H2,2,4-6H3. The molecule has 32 heavy (non-hydrogen) atoms. The normalized spacial score (nSPS) is 11.6. The van der Waals surface area contributed by atoms with E-state index in [0.717, 1.165) is 5.56 Å². The van der Waals surface area contributed by atoms with Crippen LogP contribution >= 0.6 is 0 Å². The maximum Gasteiger partial charge on any atom is 0.261 e. The summed E-state index contributed by atoms with van der Waals surface area (Å²) in [6.45, 7) is 13.4. The molecule has 1 atom stereocenters. The molecule has 2 aromatic rings. The lowest BCUT2D eigenvalue weighted by Gasteiger charge is -2.21. The number of aromatic hydroxyl groups is 2. The van der Waals surface area contributed by atoms with Gasteiger partial charge in [0.05, 0.1) is 6.61 Å². The van der Waals surface area contributed by atoms with Crippen molar-refractivity contribution in [3.63, 3.8) is 0 Å². The van der Waals surface area contributed by atoms with E-state index in [1.165, 1.54) is 0 Å². The highest BCUT2D eigenvalue weighted by molar-refractivity contribution is 6.58. The number of hydrogen-bond acceptors (Lipinski definition) is 6. The van der Waals surface area contributed by atoms with Crippen molar-refractivity contribution in [3.05, 3.63) is 70.8 Å². The molecule has 0 saturated carbocycles. The van der Waals surface area contributed by atoms with Gasteiger partial charge in [0.1, 0.15) is 11.5 Å². The highest BCUT2D eigenvalue weighted by atomic mass is 16.5. The lowest BCUT2D eigenvalue weighted by molar-refractivity contribution is -0.139. The fourth-order valence-corrected chi connectivity index (χ4v) is 3.61. The van der Waals surface area contributed by atoms with Gasteiger partial charge in [0.15, 0.2) is 6.29 Å². The molecule has 2 rings (SSSR count). The predicted octanol–water partition coefficient (Wildman–Crippen LogP) is 4.34. The second kappa shape index (κ2) is 10.2. The van der Waals surface area contributed by atoms with Crippen molar-refractivity contribution < 1.29 is 29.3 Å². The van der Waals surface area contributed by atoms with Gasteiger partial charge < -0.3 is 14.9 Å². The molecular weight excluding hydrogens is 408 g/mol. The third-order valence-electron chi connectivity index (χ3n) is 5.31. The Labute approximate surface area is 187 Å². The summed E-state index contributed by atoms with van der Waals surface area (Å²) in [6.07, 6.45) is -0.297. The smallest absolute Gasteiger partial charge is 0.261 e. The summed E-state index contributed by atoms with van der Waals surface area (Å²) in [5.41, 5.74) is 4.51.